The quantitative estimate of drug-likeness (QED) is 0.749. The maximum absolute atomic E-state index is 11.6. The largest absolute Gasteiger partial charge is 0.376 e. The molecule has 0 unspecified atom stereocenters. The molecule has 5 heteroatoms. The molecule has 0 fully saturated rings. The van der Waals surface area contributed by atoms with Gasteiger partial charge in [-0.15, -0.1) is 0 Å². The molecular weight excluding hydrogens is 216 g/mol. The summed E-state index contributed by atoms with van der Waals surface area (Å²) >= 11 is 0. The molecule has 88 valence electrons. The Morgan fingerprint density at radius 2 is 2.12 bits per heavy atom. The molecule has 0 aliphatic heterocycles. The third-order valence-electron chi connectivity index (χ3n) is 2.20. The molecule has 5 nitrogen and oxygen atoms in total. The van der Waals surface area contributed by atoms with Crippen LogP contribution in [-0.2, 0) is 4.79 Å². The zero-order valence-electron chi connectivity index (χ0n) is 9.53. The second-order valence-electron chi connectivity index (χ2n) is 3.70. The third kappa shape index (κ3) is 3.34. The van der Waals surface area contributed by atoms with E-state index in [0.29, 0.717) is 5.82 Å². The Morgan fingerprint density at radius 3 is 2.76 bits per heavy atom. The number of nitrogens with zero attached hydrogens (tertiary/aromatic N) is 1. The van der Waals surface area contributed by atoms with Gasteiger partial charge in [0, 0.05) is 17.4 Å². The van der Waals surface area contributed by atoms with E-state index in [1.807, 2.05) is 37.3 Å². The van der Waals surface area contributed by atoms with E-state index in [4.69, 9.17) is 0 Å². The highest BCUT2D eigenvalue weighted by molar-refractivity contribution is 5.92. The summed E-state index contributed by atoms with van der Waals surface area (Å²) in [5.41, 5.74) is 1.83. The predicted octanol–water partition coefficient (Wildman–Crippen LogP) is 1.77. The van der Waals surface area contributed by atoms with Crippen molar-refractivity contribution in [1.29, 1.82) is 0 Å². The molecule has 3 N–H and O–H groups in total. The molecule has 2 aromatic rings. The number of carbonyl (C=O) groups excluding carboxylic acids is 1. The number of carbonyl (C=O) groups is 1. The van der Waals surface area contributed by atoms with Crippen molar-refractivity contribution in [2.75, 3.05) is 17.2 Å². The fourth-order valence-corrected chi connectivity index (χ4v) is 1.41. The van der Waals surface area contributed by atoms with Gasteiger partial charge in [0.1, 0.15) is 0 Å². The fourth-order valence-electron chi connectivity index (χ4n) is 1.41. The number of para-hydroxylation sites is 1. The van der Waals surface area contributed by atoms with Gasteiger partial charge in [-0.05, 0) is 19.1 Å². The normalized spacial score (nSPS) is 9.94. The standard InChI is InChI=1S/C12H14N4O/c1-9-7-11(16-15-9)14-12(17)8-13-10-5-3-2-4-6-10/h2-7,13H,8H2,1H3,(H2,14,15,16,17). The number of rotatable bonds is 4. The van der Waals surface area contributed by atoms with Crippen molar-refractivity contribution in [2.45, 2.75) is 6.92 Å². The van der Waals surface area contributed by atoms with Crippen LogP contribution in [0.4, 0.5) is 11.5 Å². The van der Waals surface area contributed by atoms with E-state index in [9.17, 15) is 4.79 Å². The highest BCUT2D eigenvalue weighted by Crippen LogP contribution is 2.05. The number of benzene rings is 1. The van der Waals surface area contributed by atoms with E-state index in [1.165, 1.54) is 0 Å². The lowest BCUT2D eigenvalue weighted by atomic mass is 10.3. The van der Waals surface area contributed by atoms with Crippen molar-refractivity contribution in [1.82, 2.24) is 10.2 Å². The second kappa shape index (κ2) is 5.16. The zero-order chi connectivity index (χ0) is 12.1. The lowest BCUT2D eigenvalue weighted by molar-refractivity contribution is -0.114. The van der Waals surface area contributed by atoms with Crippen LogP contribution in [0.3, 0.4) is 0 Å². The summed E-state index contributed by atoms with van der Waals surface area (Å²) in [7, 11) is 0. The summed E-state index contributed by atoms with van der Waals surface area (Å²) in [6.07, 6.45) is 0. The molecule has 2 rings (SSSR count). The highest BCUT2D eigenvalue weighted by atomic mass is 16.2. The first kappa shape index (κ1) is 11.2. The van der Waals surface area contributed by atoms with Crippen LogP contribution < -0.4 is 10.6 Å². The topological polar surface area (TPSA) is 69.8 Å². The van der Waals surface area contributed by atoms with Gasteiger partial charge >= 0.3 is 0 Å². The van der Waals surface area contributed by atoms with Gasteiger partial charge in [0.05, 0.1) is 6.54 Å². The summed E-state index contributed by atoms with van der Waals surface area (Å²) < 4.78 is 0. The monoisotopic (exact) mass is 230 g/mol. The van der Waals surface area contributed by atoms with E-state index >= 15 is 0 Å². The fraction of sp³-hybridized carbons (Fsp3) is 0.167. The van der Waals surface area contributed by atoms with E-state index < -0.39 is 0 Å². The SMILES string of the molecule is Cc1cc(NC(=O)CNc2ccccc2)n[nH]1. The Balaban J connectivity index is 1.82. The van der Waals surface area contributed by atoms with Crippen LogP contribution in [-0.4, -0.2) is 22.6 Å². The van der Waals surface area contributed by atoms with Crippen molar-refractivity contribution >= 4 is 17.4 Å². The summed E-state index contributed by atoms with van der Waals surface area (Å²) in [4.78, 5) is 11.6. The van der Waals surface area contributed by atoms with Gasteiger partial charge in [0.15, 0.2) is 5.82 Å². The van der Waals surface area contributed by atoms with Crippen LogP contribution in [0.5, 0.6) is 0 Å². The number of aromatic nitrogens is 2. The molecule has 0 bridgehead atoms. The van der Waals surface area contributed by atoms with Gasteiger partial charge in [0.2, 0.25) is 5.91 Å². The first-order valence-corrected chi connectivity index (χ1v) is 5.35. The number of hydrogen-bond acceptors (Lipinski definition) is 3. The zero-order valence-corrected chi connectivity index (χ0v) is 9.53. The van der Waals surface area contributed by atoms with Crippen molar-refractivity contribution in [3.8, 4) is 0 Å². The number of H-pyrrole nitrogens is 1. The van der Waals surface area contributed by atoms with Gasteiger partial charge in [0.25, 0.3) is 0 Å². The molecule has 0 aliphatic carbocycles. The maximum atomic E-state index is 11.6. The minimum Gasteiger partial charge on any atom is -0.376 e. The van der Waals surface area contributed by atoms with Crippen LogP contribution >= 0.6 is 0 Å². The molecule has 0 saturated carbocycles. The summed E-state index contributed by atoms with van der Waals surface area (Å²) in [5.74, 6) is 0.419. The second-order valence-corrected chi connectivity index (χ2v) is 3.70. The lowest BCUT2D eigenvalue weighted by Crippen LogP contribution is -2.21. The molecule has 0 atom stereocenters. The van der Waals surface area contributed by atoms with Crippen LogP contribution in [0.25, 0.3) is 0 Å². The number of aromatic amines is 1. The van der Waals surface area contributed by atoms with Crippen molar-refractivity contribution in [2.24, 2.45) is 0 Å². The summed E-state index contributed by atoms with van der Waals surface area (Å²) in [6, 6.07) is 11.4. The molecule has 1 heterocycles. The van der Waals surface area contributed by atoms with Crippen molar-refractivity contribution in [3.05, 3.63) is 42.1 Å². The number of amides is 1. The molecule has 1 aromatic carbocycles. The molecule has 1 amide bonds. The number of hydrogen-bond donors (Lipinski definition) is 3. The minimum absolute atomic E-state index is 0.125. The maximum Gasteiger partial charge on any atom is 0.244 e. The molecule has 0 radical (unpaired) electrons. The first-order chi connectivity index (χ1) is 8.24. The van der Waals surface area contributed by atoms with Gasteiger partial charge in [-0.1, -0.05) is 18.2 Å². The molecule has 17 heavy (non-hydrogen) atoms. The van der Waals surface area contributed by atoms with Gasteiger partial charge in [-0.25, -0.2) is 0 Å². The Labute approximate surface area is 99.2 Å². The first-order valence-electron chi connectivity index (χ1n) is 5.35. The summed E-state index contributed by atoms with van der Waals surface area (Å²) in [5, 5.41) is 12.4. The number of anilines is 2. The van der Waals surface area contributed by atoms with Gasteiger partial charge < -0.3 is 10.6 Å². The minimum atomic E-state index is -0.125. The lowest BCUT2D eigenvalue weighted by Gasteiger charge is -2.05. The molecule has 0 aliphatic rings. The van der Waals surface area contributed by atoms with Crippen LogP contribution in [0, 0.1) is 6.92 Å². The van der Waals surface area contributed by atoms with E-state index in [2.05, 4.69) is 20.8 Å². The van der Waals surface area contributed by atoms with Crippen LogP contribution in [0.15, 0.2) is 36.4 Å². The van der Waals surface area contributed by atoms with Crippen molar-refractivity contribution in [3.63, 3.8) is 0 Å². The van der Waals surface area contributed by atoms with E-state index in [1.54, 1.807) is 6.07 Å². The molecule has 1 aromatic heterocycles. The number of aryl methyl sites for hydroxylation is 1. The highest BCUT2D eigenvalue weighted by Gasteiger charge is 2.04. The summed E-state index contributed by atoms with van der Waals surface area (Å²) in [6.45, 7) is 2.10. The van der Waals surface area contributed by atoms with E-state index in [-0.39, 0.29) is 12.5 Å². The van der Waals surface area contributed by atoms with Gasteiger partial charge in [-0.3, -0.25) is 9.89 Å². The Kier molecular flexibility index (Phi) is 3.40. The van der Waals surface area contributed by atoms with Crippen molar-refractivity contribution < 1.29 is 4.79 Å². The Bertz CT molecular complexity index is 492. The Morgan fingerprint density at radius 1 is 1.35 bits per heavy atom. The van der Waals surface area contributed by atoms with Crippen LogP contribution in [0.2, 0.25) is 0 Å². The number of nitrogens with one attached hydrogen (secondary N) is 3. The van der Waals surface area contributed by atoms with Gasteiger partial charge in [-0.2, -0.15) is 5.10 Å². The van der Waals surface area contributed by atoms with Crippen LogP contribution in [0.1, 0.15) is 5.69 Å². The Hall–Kier alpha value is -2.30. The molecule has 0 saturated heterocycles. The average Bonchev–Trinajstić information content (AvgIpc) is 2.73. The molecule has 0 spiro atoms. The predicted molar refractivity (Wildman–Crippen MR) is 66.9 cm³/mol. The molecular formula is C12H14N4O. The van der Waals surface area contributed by atoms with E-state index in [0.717, 1.165) is 11.4 Å². The average molecular weight is 230 g/mol. The third-order valence-corrected chi connectivity index (χ3v) is 2.20. The smallest absolute Gasteiger partial charge is 0.244 e.